The average molecular weight is 325 g/mol. The number of carbonyl (C=O) groups is 1. The Kier molecular flexibility index (Phi) is 5.06. The van der Waals surface area contributed by atoms with Crippen molar-refractivity contribution >= 4 is 17.7 Å². The van der Waals surface area contributed by atoms with Crippen molar-refractivity contribution in [3.05, 3.63) is 70.8 Å². The number of nitrogens with zero attached hydrogens (tertiary/aromatic N) is 1. The quantitative estimate of drug-likeness (QED) is 0.824. The van der Waals surface area contributed by atoms with Crippen molar-refractivity contribution in [1.29, 1.82) is 0 Å². The summed E-state index contributed by atoms with van der Waals surface area (Å²) in [6.07, 6.45) is 1.41. The van der Waals surface area contributed by atoms with Crippen molar-refractivity contribution in [1.82, 2.24) is 4.90 Å². The lowest BCUT2D eigenvalue weighted by Gasteiger charge is -2.25. The zero-order valence-corrected chi connectivity index (χ0v) is 14.6. The Morgan fingerprint density at radius 1 is 1.17 bits per heavy atom. The third kappa shape index (κ3) is 3.78. The van der Waals surface area contributed by atoms with Crippen LogP contribution in [0.4, 0.5) is 0 Å². The molecule has 0 spiro atoms. The number of hydrogen-bond acceptors (Lipinski definition) is 2. The van der Waals surface area contributed by atoms with Crippen LogP contribution in [0.3, 0.4) is 0 Å². The predicted octanol–water partition coefficient (Wildman–Crippen LogP) is 4.51. The SMILES string of the molecule is Cc1ccc(C2SCCN2C(=O)CCc2ccccc2)c(C)c1. The van der Waals surface area contributed by atoms with E-state index >= 15 is 0 Å². The first-order chi connectivity index (χ1) is 11.1. The van der Waals surface area contributed by atoms with Crippen molar-refractivity contribution in [2.24, 2.45) is 0 Å². The minimum Gasteiger partial charge on any atom is -0.326 e. The lowest BCUT2D eigenvalue weighted by Crippen LogP contribution is -2.30. The van der Waals surface area contributed by atoms with E-state index < -0.39 is 0 Å². The Balaban J connectivity index is 1.69. The Bertz CT molecular complexity index is 683. The van der Waals surface area contributed by atoms with E-state index in [1.807, 2.05) is 30.0 Å². The maximum atomic E-state index is 12.7. The zero-order valence-electron chi connectivity index (χ0n) is 13.8. The van der Waals surface area contributed by atoms with Gasteiger partial charge in [-0.15, -0.1) is 11.8 Å². The number of aryl methyl sites for hydroxylation is 3. The minimum atomic E-state index is 0.180. The highest BCUT2D eigenvalue weighted by Gasteiger charge is 2.31. The van der Waals surface area contributed by atoms with Crippen LogP contribution in [0.1, 0.15) is 34.0 Å². The molecule has 2 aromatic carbocycles. The maximum Gasteiger partial charge on any atom is 0.224 e. The summed E-state index contributed by atoms with van der Waals surface area (Å²) in [6, 6.07) is 16.8. The summed E-state index contributed by atoms with van der Waals surface area (Å²) in [4.78, 5) is 14.8. The van der Waals surface area contributed by atoms with Crippen LogP contribution in [0.5, 0.6) is 0 Å². The molecule has 0 N–H and O–H groups in total. The monoisotopic (exact) mass is 325 g/mol. The molecule has 3 heteroatoms. The molecule has 0 bridgehead atoms. The van der Waals surface area contributed by atoms with Crippen molar-refractivity contribution in [2.75, 3.05) is 12.3 Å². The van der Waals surface area contributed by atoms with Gasteiger partial charge in [0.2, 0.25) is 5.91 Å². The van der Waals surface area contributed by atoms with E-state index in [0.29, 0.717) is 6.42 Å². The van der Waals surface area contributed by atoms with E-state index in [1.165, 1.54) is 22.3 Å². The Hall–Kier alpha value is -1.74. The summed E-state index contributed by atoms with van der Waals surface area (Å²) < 4.78 is 0. The van der Waals surface area contributed by atoms with Crippen LogP contribution in [0.25, 0.3) is 0 Å². The van der Waals surface area contributed by atoms with Gasteiger partial charge in [0.15, 0.2) is 0 Å². The Morgan fingerprint density at radius 2 is 1.96 bits per heavy atom. The normalized spacial score (nSPS) is 17.5. The van der Waals surface area contributed by atoms with Crippen LogP contribution in [0, 0.1) is 13.8 Å². The first-order valence-electron chi connectivity index (χ1n) is 8.17. The second-order valence-electron chi connectivity index (χ2n) is 6.16. The van der Waals surface area contributed by atoms with Gasteiger partial charge in [0.1, 0.15) is 5.37 Å². The van der Waals surface area contributed by atoms with E-state index in [-0.39, 0.29) is 11.3 Å². The largest absolute Gasteiger partial charge is 0.326 e. The van der Waals surface area contributed by atoms with E-state index in [2.05, 4.69) is 49.1 Å². The molecular weight excluding hydrogens is 302 g/mol. The summed E-state index contributed by atoms with van der Waals surface area (Å²) in [7, 11) is 0. The topological polar surface area (TPSA) is 20.3 Å². The fraction of sp³-hybridized carbons (Fsp3) is 0.350. The lowest BCUT2D eigenvalue weighted by molar-refractivity contribution is -0.131. The molecule has 2 nitrogen and oxygen atoms in total. The molecule has 120 valence electrons. The second-order valence-corrected chi connectivity index (χ2v) is 7.34. The fourth-order valence-electron chi connectivity index (χ4n) is 3.13. The second kappa shape index (κ2) is 7.22. The van der Waals surface area contributed by atoms with Crippen molar-refractivity contribution in [3.63, 3.8) is 0 Å². The molecule has 0 aliphatic carbocycles. The summed E-state index contributed by atoms with van der Waals surface area (Å²) in [6.45, 7) is 5.12. The van der Waals surface area contributed by atoms with E-state index in [9.17, 15) is 4.79 Å². The summed E-state index contributed by atoms with van der Waals surface area (Å²) in [5, 5.41) is 0.180. The summed E-state index contributed by atoms with van der Waals surface area (Å²) in [5.74, 6) is 1.29. The Morgan fingerprint density at radius 3 is 2.70 bits per heavy atom. The van der Waals surface area contributed by atoms with Crippen molar-refractivity contribution in [3.8, 4) is 0 Å². The van der Waals surface area contributed by atoms with Crippen LogP contribution < -0.4 is 0 Å². The maximum absolute atomic E-state index is 12.7. The van der Waals surface area contributed by atoms with Crippen molar-refractivity contribution < 1.29 is 4.79 Å². The molecule has 2 aromatic rings. The summed E-state index contributed by atoms with van der Waals surface area (Å²) in [5.41, 5.74) is 5.07. The van der Waals surface area contributed by atoms with Gasteiger partial charge in [-0.3, -0.25) is 4.79 Å². The zero-order chi connectivity index (χ0) is 16.2. The van der Waals surface area contributed by atoms with Crippen LogP contribution in [-0.2, 0) is 11.2 Å². The number of carbonyl (C=O) groups excluding carboxylic acids is 1. The number of thioether (sulfide) groups is 1. The van der Waals surface area contributed by atoms with Gasteiger partial charge in [0, 0.05) is 18.7 Å². The standard InChI is InChI=1S/C20H23NOS/c1-15-8-10-18(16(2)14-15)20-21(12-13-23-20)19(22)11-9-17-6-4-3-5-7-17/h3-8,10,14,20H,9,11-13H2,1-2H3. The molecule has 1 unspecified atom stereocenters. The molecule has 0 aromatic heterocycles. The molecule has 23 heavy (non-hydrogen) atoms. The first-order valence-corrected chi connectivity index (χ1v) is 9.22. The van der Waals surface area contributed by atoms with Gasteiger partial charge in [-0.25, -0.2) is 0 Å². The van der Waals surface area contributed by atoms with Gasteiger partial charge in [-0.05, 0) is 37.0 Å². The summed E-state index contributed by atoms with van der Waals surface area (Å²) >= 11 is 1.88. The molecule has 1 aliphatic heterocycles. The van der Waals surface area contributed by atoms with Gasteiger partial charge in [0.25, 0.3) is 0 Å². The molecule has 1 heterocycles. The van der Waals surface area contributed by atoms with Crippen LogP contribution in [0.2, 0.25) is 0 Å². The van der Waals surface area contributed by atoms with E-state index in [4.69, 9.17) is 0 Å². The van der Waals surface area contributed by atoms with Gasteiger partial charge < -0.3 is 4.90 Å². The smallest absolute Gasteiger partial charge is 0.224 e. The van der Waals surface area contributed by atoms with Gasteiger partial charge >= 0.3 is 0 Å². The molecule has 1 amide bonds. The number of benzene rings is 2. The minimum absolute atomic E-state index is 0.180. The van der Waals surface area contributed by atoms with E-state index in [0.717, 1.165) is 18.7 Å². The molecule has 1 atom stereocenters. The van der Waals surface area contributed by atoms with Crippen LogP contribution in [0.15, 0.2) is 48.5 Å². The molecule has 1 fully saturated rings. The van der Waals surface area contributed by atoms with Gasteiger partial charge in [-0.1, -0.05) is 54.1 Å². The van der Waals surface area contributed by atoms with Gasteiger partial charge in [-0.2, -0.15) is 0 Å². The highest BCUT2D eigenvalue weighted by molar-refractivity contribution is 7.99. The highest BCUT2D eigenvalue weighted by atomic mass is 32.2. The molecule has 3 rings (SSSR count). The number of rotatable bonds is 4. The molecular formula is C20H23NOS. The Labute approximate surface area is 142 Å². The fourth-order valence-corrected chi connectivity index (χ4v) is 4.50. The predicted molar refractivity (Wildman–Crippen MR) is 97.6 cm³/mol. The first kappa shape index (κ1) is 16.1. The van der Waals surface area contributed by atoms with E-state index in [1.54, 1.807) is 0 Å². The third-order valence-corrected chi connectivity index (χ3v) is 5.62. The van der Waals surface area contributed by atoms with Gasteiger partial charge in [0.05, 0.1) is 0 Å². The molecule has 0 saturated carbocycles. The third-order valence-electron chi connectivity index (χ3n) is 4.37. The highest BCUT2D eigenvalue weighted by Crippen LogP contribution is 2.39. The number of amides is 1. The lowest BCUT2D eigenvalue weighted by atomic mass is 10.0. The van der Waals surface area contributed by atoms with Crippen molar-refractivity contribution in [2.45, 2.75) is 32.1 Å². The average Bonchev–Trinajstić information content (AvgIpc) is 3.03. The molecule has 1 aliphatic rings. The van der Waals surface area contributed by atoms with Crippen LogP contribution >= 0.6 is 11.8 Å². The molecule has 1 saturated heterocycles. The molecule has 0 radical (unpaired) electrons. The number of hydrogen-bond donors (Lipinski definition) is 0. The van der Waals surface area contributed by atoms with Crippen LogP contribution in [-0.4, -0.2) is 23.1 Å².